The monoisotopic (exact) mass is 404 g/mol. The lowest BCUT2D eigenvalue weighted by molar-refractivity contribution is -0.157. The van der Waals surface area contributed by atoms with Gasteiger partial charge in [0.15, 0.2) is 0 Å². The Morgan fingerprint density at radius 3 is 2.10 bits per heavy atom. The Hall–Kier alpha value is -0.530. The molecule has 3 aliphatic carbocycles. The third-order valence-electron chi connectivity index (χ3n) is 8.79. The minimum Gasteiger partial charge on any atom is -0.462 e. The molecular formula is C27H48O2. The van der Waals surface area contributed by atoms with E-state index in [4.69, 9.17) is 4.74 Å². The summed E-state index contributed by atoms with van der Waals surface area (Å²) in [5.74, 6) is 4.86. The molecule has 2 heteroatoms. The Kier molecular flexibility index (Phi) is 9.38. The fraction of sp³-hybridized carbons (Fsp3) is 0.963. The Labute approximate surface area is 180 Å². The van der Waals surface area contributed by atoms with E-state index in [1.165, 1.54) is 77.0 Å². The van der Waals surface area contributed by atoms with E-state index in [9.17, 15) is 4.79 Å². The predicted octanol–water partition coefficient (Wildman–Crippen LogP) is 7.94. The van der Waals surface area contributed by atoms with Crippen molar-refractivity contribution in [2.75, 3.05) is 0 Å². The van der Waals surface area contributed by atoms with Crippen molar-refractivity contribution >= 4 is 5.97 Å². The average Bonchev–Trinajstić information content (AvgIpc) is 2.74. The van der Waals surface area contributed by atoms with Crippen LogP contribution in [-0.2, 0) is 9.53 Å². The fourth-order valence-electron chi connectivity index (χ4n) is 6.98. The van der Waals surface area contributed by atoms with Crippen molar-refractivity contribution in [2.24, 2.45) is 35.5 Å². The number of carbonyl (C=O) groups is 1. The van der Waals surface area contributed by atoms with Gasteiger partial charge in [-0.2, -0.15) is 0 Å². The van der Waals surface area contributed by atoms with Gasteiger partial charge < -0.3 is 4.74 Å². The molecule has 0 amide bonds. The first-order valence-electron chi connectivity index (χ1n) is 13.3. The highest BCUT2D eigenvalue weighted by molar-refractivity contribution is 5.72. The minimum atomic E-state index is 0.139. The Balaban J connectivity index is 1.36. The van der Waals surface area contributed by atoms with E-state index >= 15 is 0 Å². The molecule has 0 N–H and O–H groups in total. The van der Waals surface area contributed by atoms with Crippen LogP contribution >= 0.6 is 0 Å². The molecule has 0 radical (unpaired) electrons. The van der Waals surface area contributed by atoms with Crippen LogP contribution in [0.15, 0.2) is 0 Å². The second-order valence-electron chi connectivity index (χ2n) is 10.9. The lowest BCUT2D eigenvalue weighted by Gasteiger charge is -2.41. The maximum absolute atomic E-state index is 12.8. The molecule has 0 aliphatic heterocycles. The molecule has 0 heterocycles. The predicted molar refractivity (Wildman–Crippen MR) is 122 cm³/mol. The van der Waals surface area contributed by atoms with Crippen molar-refractivity contribution < 1.29 is 9.53 Å². The molecule has 0 aromatic heterocycles. The van der Waals surface area contributed by atoms with Crippen LogP contribution < -0.4 is 0 Å². The van der Waals surface area contributed by atoms with E-state index in [2.05, 4.69) is 20.8 Å². The molecule has 3 rings (SSSR count). The molecule has 3 fully saturated rings. The van der Waals surface area contributed by atoms with Crippen molar-refractivity contribution in [3.05, 3.63) is 0 Å². The van der Waals surface area contributed by atoms with E-state index in [0.29, 0.717) is 0 Å². The van der Waals surface area contributed by atoms with E-state index in [1.807, 2.05) is 0 Å². The Morgan fingerprint density at radius 2 is 1.48 bits per heavy atom. The average molecular weight is 405 g/mol. The molecule has 0 aromatic carbocycles. The fourth-order valence-corrected chi connectivity index (χ4v) is 6.98. The summed E-state index contributed by atoms with van der Waals surface area (Å²) in [5, 5.41) is 0. The van der Waals surface area contributed by atoms with Crippen molar-refractivity contribution in [3.63, 3.8) is 0 Å². The van der Waals surface area contributed by atoms with Gasteiger partial charge in [0.1, 0.15) is 6.10 Å². The number of carbonyl (C=O) groups excluding carboxylic acids is 1. The summed E-state index contributed by atoms with van der Waals surface area (Å²) < 4.78 is 5.99. The van der Waals surface area contributed by atoms with Crippen molar-refractivity contribution in [1.82, 2.24) is 0 Å². The molecule has 0 saturated heterocycles. The van der Waals surface area contributed by atoms with Crippen LogP contribution in [0.2, 0.25) is 0 Å². The normalized spacial score (nSPS) is 38.5. The third kappa shape index (κ3) is 6.73. The lowest BCUT2D eigenvalue weighted by Crippen LogP contribution is -2.34. The largest absolute Gasteiger partial charge is 0.462 e. The topological polar surface area (TPSA) is 26.3 Å². The van der Waals surface area contributed by atoms with Gasteiger partial charge in [-0.1, -0.05) is 59.3 Å². The molecule has 3 atom stereocenters. The summed E-state index contributed by atoms with van der Waals surface area (Å²) >= 11 is 0. The van der Waals surface area contributed by atoms with Gasteiger partial charge in [-0.15, -0.1) is 0 Å². The van der Waals surface area contributed by atoms with Crippen LogP contribution in [0.1, 0.15) is 124 Å². The van der Waals surface area contributed by atoms with Crippen LogP contribution in [0.4, 0.5) is 0 Å². The smallest absolute Gasteiger partial charge is 0.309 e. The van der Waals surface area contributed by atoms with Crippen LogP contribution in [-0.4, -0.2) is 12.1 Å². The van der Waals surface area contributed by atoms with Crippen molar-refractivity contribution in [1.29, 1.82) is 0 Å². The third-order valence-corrected chi connectivity index (χ3v) is 8.79. The van der Waals surface area contributed by atoms with E-state index < -0.39 is 0 Å². The summed E-state index contributed by atoms with van der Waals surface area (Å²) in [4.78, 5) is 12.8. The van der Waals surface area contributed by atoms with E-state index in [1.54, 1.807) is 0 Å². The van der Waals surface area contributed by atoms with Gasteiger partial charge in [0.2, 0.25) is 0 Å². The number of rotatable bonds is 8. The number of ether oxygens (including phenoxy) is 1. The number of esters is 1. The first-order valence-corrected chi connectivity index (χ1v) is 13.3. The molecule has 29 heavy (non-hydrogen) atoms. The molecule has 0 aromatic rings. The second-order valence-corrected chi connectivity index (χ2v) is 10.9. The summed E-state index contributed by atoms with van der Waals surface area (Å²) in [6.07, 6.45) is 20.8. The highest BCUT2D eigenvalue weighted by Gasteiger charge is 2.37. The van der Waals surface area contributed by atoms with Gasteiger partial charge in [0.25, 0.3) is 0 Å². The zero-order valence-electron chi connectivity index (χ0n) is 19.7. The van der Waals surface area contributed by atoms with Crippen LogP contribution in [0, 0.1) is 35.5 Å². The number of hydrogen-bond donors (Lipinski definition) is 0. The van der Waals surface area contributed by atoms with Crippen molar-refractivity contribution in [3.8, 4) is 0 Å². The molecule has 3 unspecified atom stereocenters. The number of hydrogen-bond acceptors (Lipinski definition) is 2. The summed E-state index contributed by atoms with van der Waals surface area (Å²) in [6, 6.07) is 0. The standard InChI is InChI=1S/C27H48O2/c1-4-6-8-21-9-16-25(17-10-21)29-27(28)24-14-12-23(13-15-24)26-18-11-22(7-5-2)19-20(26)3/h20-26H,4-19H2,1-3H3/t20?,21-,22?,23-,24-,25-,26?. The highest BCUT2D eigenvalue weighted by atomic mass is 16.5. The molecular weight excluding hydrogens is 356 g/mol. The molecule has 3 aliphatic rings. The van der Waals surface area contributed by atoms with E-state index in [-0.39, 0.29) is 18.0 Å². The SMILES string of the molecule is CCCC[C@H]1CC[C@H](OC(=O)[C@H]2CC[C@H](C3CCC(CCC)CC3C)CC2)CC1. The Morgan fingerprint density at radius 1 is 0.793 bits per heavy atom. The molecule has 0 spiro atoms. The first kappa shape index (κ1) is 23.1. The first-order chi connectivity index (χ1) is 14.1. The second kappa shape index (κ2) is 11.8. The van der Waals surface area contributed by atoms with Crippen molar-refractivity contribution in [2.45, 2.75) is 130 Å². The summed E-state index contributed by atoms with van der Waals surface area (Å²) in [6.45, 7) is 7.11. The Bertz CT molecular complexity index is 471. The highest BCUT2D eigenvalue weighted by Crippen LogP contribution is 2.45. The van der Waals surface area contributed by atoms with Gasteiger partial charge in [-0.3, -0.25) is 4.79 Å². The van der Waals surface area contributed by atoms with Gasteiger partial charge >= 0.3 is 5.97 Å². The quantitative estimate of drug-likeness (QED) is 0.384. The number of unbranched alkanes of at least 4 members (excludes halogenated alkanes) is 1. The van der Waals surface area contributed by atoms with Gasteiger partial charge in [-0.05, 0) is 93.8 Å². The maximum Gasteiger partial charge on any atom is 0.309 e. The maximum atomic E-state index is 12.8. The minimum absolute atomic E-state index is 0.139. The molecule has 0 bridgehead atoms. The molecule has 168 valence electrons. The van der Waals surface area contributed by atoms with Crippen LogP contribution in [0.25, 0.3) is 0 Å². The zero-order valence-corrected chi connectivity index (χ0v) is 19.7. The zero-order chi connectivity index (χ0) is 20.6. The summed E-state index contributed by atoms with van der Waals surface area (Å²) in [7, 11) is 0. The lowest BCUT2D eigenvalue weighted by atomic mass is 9.64. The molecule has 2 nitrogen and oxygen atoms in total. The van der Waals surface area contributed by atoms with Crippen LogP contribution in [0.3, 0.4) is 0 Å². The summed E-state index contributed by atoms with van der Waals surface area (Å²) in [5.41, 5.74) is 0. The van der Waals surface area contributed by atoms with Crippen LogP contribution in [0.5, 0.6) is 0 Å². The van der Waals surface area contributed by atoms with Gasteiger partial charge in [0.05, 0.1) is 5.92 Å². The van der Waals surface area contributed by atoms with E-state index in [0.717, 1.165) is 55.3 Å². The van der Waals surface area contributed by atoms with Gasteiger partial charge in [0, 0.05) is 0 Å². The molecule has 3 saturated carbocycles. The van der Waals surface area contributed by atoms with Gasteiger partial charge in [-0.25, -0.2) is 0 Å².